The zero-order valence-electron chi connectivity index (χ0n) is 9.03. The number of nitrogens with zero attached hydrogens (tertiary/aromatic N) is 1. The summed E-state index contributed by atoms with van der Waals surface area (Å²) in [6.45, 7) is 3.82. The lowest BCUT2D eigenvalue weighted by Gasteiger charge is -2.31. The normalized spacial score (nSPS) is 17.9. The van der Waals surface area contributed by atoms with E-state index in [1.54, 1.807) is 7.11 Å². The van der Waals surface area contributed by atoms with Crippen molar-refractivity contribution in [3.63, 3.8) is 0 Å². The van der Waals surface area contributed by atoms with Gasteiger partial charge in [-0.15, -0.1) is 0 Å². The van der Waals surface area contributed by atoms with Crippen LogP contribution in [0.2, 0.25) is 0 Å². The molecule has 1 aliphatic carbocycles. The monoisotopic (exact) mass is 216 g/mol. The third kappa shape index (κ3) is 3.10. The predicted octanol–water partition coefficient (Wildman–Crippen LogP) is 1.37. The van der Waals surface area contributed by atoms with Gasteiger partial charge in [0.05, 0.1) is 12.6 Å². The van der Waals surface area contributed by atoms with Crippen molar-refractivity contribution in [3.05, 3.63) is 0 Å². The van der Waals surface area contributed by atoms with Gasteiger partial charge in [0, 0.05) is 13.7 Å². The van der Waals surface area contributed by atoms with Gasteiger partial charge in [0.15, 0.2) is 5.11 Å². The molecule has 0 bridgehead atoms. The van der Waals surface area contributed by atoms with E-state index < -0.39 is 0 Å². The van der Waals surface area contributed by atoms with E-state index in [9.17, 15) is 0 Å². The summed E-state index contributed by atoms with van der Waals surface area (Å²) in [4.78, 5) is 2.12. The van der Waals surface area contributed by atoms with Gasteiger partial charge in [-0.05, 0) is 37.4 Å². The Kier molecular flexibility index (Phi) is 4.62. The number of nitrogens with two attached hydrogens (primary N) is 1. The van der Waals surface area contributed by atoms with Gasteiger partial charge < -0.3 is 15.4 Å². The number of methoxy groups -OCH3 is 1. The van der Waals surface area contributed by atoms with E-state index in [1.807, 2.05) is 0 Å². The van der Waals surface area contributed by atoms with E-state index in [0.29, 0.717) is 11.2 Å². The van der Waals surface area contributed by atoms with Gasteiger partial charge >= 0.3 is 0 Å². The van der Waals surface area contributed by atoms with Crippen LogP contribution in [0.5, 0.6) is 0 Å². The average molecular weight is 216 g/mol. The summed E-state index contributed by atoms with van der Waals surface area (Å²) in [6.07, 6.45) is 3.65. The van der Waals surface area contributed by atoms with Crippen LogP contribution in [-0.4, -0.2) is 36.3 Å². The van der Waals surface area contributed by atoms with Crippen molar-refractivity contribution in [1.82, 2.24) is 4.90 Å². The Balaban J connectivity index is 2.55. The van der Waals surface area contributed by atoms with Crippen LogP contribution in [0.1, 0.15) is 26.2 Å². The van der Waals surface area contributed by atoms with E-state index in [0.717, 1.165) is 25.5 Å². The molecule has 1 rings (SSSR count). The Labute approximate surface area is 91.6 Å². The SMILES string of the molecule is CCCN(C(N)=S)C(COC)C1CC1. The standard InChI is InChI=1S/C10H20N2OS/c1-3-6-12(10(11)14)9(7-13-2)8-4-5-8/h8-9H,3-7H2,1-2H3,(H2,11,14). The Morgan fingerprint density at radius 1 is 1.64 bits per heavy atom. The maximum Gasteiger partial charge on any atom is 0.166 e. The van der Waals surface area contributed by atoms with Crippen LogP contribution in [0, 0.1) is 5.92 Å². The van der Waals surface area contributed by atoms with Gasteiger partial charge in [-0.1, -0.05) is 6.92 Å². The smallest absolute Gasteiger partial charge is 0.166 e. The minimum atomic E-state index is 0.400. The van der Waals surface area contributed by atoms with Crippen molar-refractivity contribution in [2.24, 2.45) is 11.7 Å². The molecule has 2 N–H and O–H groups in total. The zero-order valence-corrected chi connectivity index (χ0v) is 9.85. The Bertz CT molecular complexity index is 195. The van der Waals surface area contributed by atoms with Gasteiger partial charge in [-0.25, -0.2) is 0 Å². The summed E-state index contributed by atoms with van der Waals surface area (Å²) in [5.41, 5.74) is 5.72. The molecule has 1 atom stereocenters. The van der Waals surface area contributed by atoms with Gasteiger partial charge in [0.25, 0.3) is 0 Å². The van der Waals surface area contributed by atoms with E-state index in [4.69, 9.17) is 22.7 Å². The molecule has 1 fully saturated rings. The van der Waals surface area contributed by atoms with E-state index in [1.165, 1.54) is 12.8 Å². The van der Waals surface area contributed by atoms with E-state index in [2.05, 4.69) is 11.8 Å². The van der Waals surface area contributed by atoms with Crippen molar-refractivity contribution in [2.45, 2.75) is 32.2 Å². The fourth-order valence-electron chi connectivity index (χ4n) is 1.81. The number of hydrogen-bond acceptors (Lipinski definition) is 2. The fraction of sp³-hybridized carbons (Fsp3) is 0.900. The highest BCUT2D eigenvalue weighted by atomic mass is 32.1. The minimum absolute atomic E-state index is 0.400. The quantitative estimate of drug-likeness (QED) is 0.681. The summed E-state index contributed by atoms with van der Waals surface area (Å²) in [5.74, 6) is 0.739. The van der Waals surface area contributed by atoms with Crippen molar-refractivity contribution < 1.29 is 4.74 Å². The summed E-state index contributed by atoms with van der Waals surface area (Å²) >= 11 is 5.07. The van der Waals surface area contributed by atoms with Crippen LogP contribution in [0.25, 0.3) is 0 Å². The molecule has 1 unspecified atom stereocenters. The molecule has 1 saturated carbocycles. The lowest BCUT2D eigenvalue weighted by atomic mass is 10.1. The highest BCUT2D eigenvalue weighted by molar-refractivity contribution is 7.80. The van der Waals surface area contributed by atoms with Crippen molar-refractivity contribution in [1.29, 1.82) is 0 Å². The Morgan fingerprint density at radius 2 is 2.29 bits per heavy atom. The fourth-order valence-corrected chi connectivity index (χ4v) is 2.04. The first-order valence-corrected chi connectivity index (χ1v) is 5.66. The first-order chi connectivity index (χ1) is 6.70. The first kappa shape index (κ1) is 11.7. The topological polar surface area (TPSA) is 38.5 Å². The van der Waals surface area contributed by atoms with Gasteiger partial charge in [0.2, 0.25) is 0 Å². The summed E-state index contributed by atoms with van der Waals surface area (Å²) in [7, 11) is 1.74. The van der Waals surface area contributed by atoms with Crippen molar-refractivity contribution in [3.8, 4) is 0 Å². The Morgan fingerprint density at radius 3 is 2.64 bits per heavy atom. The van der Waals surface area contributed by atoms with Crippen molar-refractivity contribution >= 4 is 17.3 Å². The second kappa shape index (κ2) is 5.51. The molecule has 0 saturated heterocycles. The Hall–Kier alpha value is -0.350. The maximum atomic E-state index is 5.72. The third-order valence-electron chi connectivity index (χ3n) is 2.65. The van der Waals surface area contributed by atoms with Crippen molar-refractivity contribution in [2.75, 3.05) is 20.3 Å². The molecule has 3 nitrogen and oxygen atoms in total. The first-order valence-electron chi connectivity index (χ1n) is 5.25. The number of thiocarbonyl (C=S) groups is 1. The minimum Gasteiger partial charge on any atom is -0.383 e. The molecule has 0 spiro atoms. The van der Waals surface area contributed by atoms with Crippen LogP contribution in [0.15, 0.2) is 0 Å². The molecule has 82 valence electrons. The second-order valence-corrected chi connectivity index (χ2v) is 4.31. The number of rotatable bonds is 6. The zero-order chi connectivity index (χ0) is 10.6. The van der Waals surface area contributed by atoms with Crippen LogP contribution in [0.4, 0.5) is 0 Å². The summed E-state index contributed by atoms with van der Waals surface area (Å²) in [6, 6.07) is 0.400. The molecule has 0 heterocycles. The van der Waals surface area contributed by atoms with Crippen LogP contribution < -0.4 is 5.73 Å². The van der Waals surface area contributed by atoms with E-state index in [-0.39, 0.29) is 0 Å². The molecule has 0 aromatic carbocycles. The average Bonchev–Trinajstić information content (AvgIpc) is 2.94. The van der Waals surface area contributed by atoms with Crippen LogP contribution >= 0.6 is 12.2 Å². The maximum absolute atomic E-state index is 5.72. The van der Waals surface area contributed by atoms with Crippen LogP contribution in [-0.2, 0) is 4.74 Å². The highest BCUT2D eigenvalue weighted by Gasteiger charge is 2.35. The van der Waals surface area contributed by atoms with Gasteiger partial charge in [-0.2, -0.15) is 0 Å². The molecule has 0 amide bonds. The largest absolute Gasteiger partial charge is 0.383 e. The third-order valence-corrected chi connectivity index (χ3v) is 2.89. The molecular formula is C10H20N2OS. The summed E-state index contributed by atoms with van der Waals surface area (Å²) < 4.78 is 5.23. The number of ether oxygens (including phenoxy) is 1. The predicted molar refractivity (Wildman–Crippen MR) is 62.2 cm³/mol. The highest BCUT2D eigenvalue weighted by Crippen LogP contribution is 2.35. The lowest BCUT2D eigenvalue weighted by Crippen LogP contribution is -2.47. The molecular weight excluding hydrogens is 196 g/mol. The van der Waals surface area contributed by atoms with Gasteiger partial charge in [0.1, 0.15) is 0 Å². The molecule has 0 aromatic rings. The molecule has 4 heteroatoms. The van der Waals surface area contributed by atoms with Gasteiger partial charge in [-0.3, -0.25) is 0 Å². The molecule has 0 aliphatic heterocycles. The molecule has 0 aromatic heterocycles. The molecule has 1 aliphatic rings. The lowest BCUT2D eigenvalue weighted by molar-refractivity contribution is 0.116. The molecule has 0 radical (unpaired) electrons. The number of hydrogen-bond donors (Lipinski definition) is 1. The summed E-state index contributed by atoms with van der Waals surface area (Å²) in [5, 5.41) is 0.515. The molecule has 14 heavy (non-hydrogen) atoms. The van der Waals surface area contributed by atoms with E-state index >= 15 is 0 Å². The second-order valence-electron chi connectivity index (χ2n) is 3.89. The van der Waals surface area contributed by atoms with Crippen LogP contribution in [0.3, 0.4) is 0 Å².